The molecule has 0 saturated carbocycles. The Morgan fingerprint density at radius 2 is 2.00 bits per heavy atom. The average Bonchev–Trinajstić information content (AvgIpc) is 3.49. The molecule has 3 atom stereocenters. The molecule has 0 radical (unpaired) electrons. The SMILES string of the molecule is Cc1ccc2c(c1)C(F)(F)C(=O)N2Cc1cn(C2CC(n3cc(C)c(=O)[nH]c3=O)OC2CO)nn1. The average molecular weight is 488 g/mol. The molecule has 5 rings (SSSR count). The maximum absolute atomic E-state index is 14.6. The van der Waals surface area contributed by atoms with Gasteiger partial charge >= 0.3 is 17.5 Å². The van der Waals surface area contributed by atoms with Crippen molar-refractivity contribution in [3.8, 4) is 0 Å². The third-order valence-electron chi connectivity index (χ3n) is 6.35. The van der Waals surface area contributed by atoms with Gasteiger partial charge < -0.3 is 14.7 Å². The number of alkyl halides is 2. The molecule has 0 spiro atoms. The number of hydrogen-bond donors (Lipinski definition) is 2. The van der Waals surface area contributed by atoms with Gasteiger partial charge in [0, 0.05) is 18.2 Å². The Bertz CT molecular complexity index is 1430. The molecule has 1 fully saturated rings. The molecular weight excluding hydrogens is 466 g/mol. The molecule has 2 N–H and O–H groups in total. The van der Waals surface area contributed by atoms with Crippen LogP contribution in [0.15, 0.2) is 40.2 Å². The molecule has 184 valence electrons. The summed E-state index contributed by atoms with van der Waals surface area (Å²) < 4.78 is 37.6. The zero-order valence-corrected chi connectivity index (χ0v) is 18.8. The number of rotatable bonds is 5. The van der Waals surface area contributed by atoms with Crippen LogP contribution in [0.25, 0.3) is 0 Å². The van der Waals surface area contributed by atoms with Crippen LogP contribution in [0.3, 0.4) is 0 Å². The van der Waals surface area contributed by atoms with Crippen LogP contribution >= 0.6 is 0 Å². The number of ether oxygens (including phenoxy) is 1. The number of aromatic nitrogens is 5. The first-order valence-corrected chi connectivity index (χ1v) is 10.9. The van der Waals surface area contributed by atoms with Gasteiger partial charge in [-0.2, -0.15) is 8.78 Å². The predicted molar refractivity (Wildman–Crippen MR) is 117 cm³/mol. The number of carbonyl (C=O) groups excluding carboxylic acids is 1. The molecule has 2 aliphatic heterocycles. The number of hydrogen-bond acceptors (Lipinski definition) is 7. The second-order valence-electron chi connectivity index (χ2n) is 8.77. The number of aryl methyl sites for hydroxylation is 2. The molecule has 1 amide bonds. The van der Waals surface area contributed by atoms with Gasteiger partial charge in [0.05, 0.1) is 36.6 Å². The Morgan fingerprint density at radius 1 is 1.23 bits per heavy atom. The lowest BCUT2D eigenvalue weighted by atomic mass is 10.1. The van der Waals surface area contributed by atoms with E-state index in [0.29, 0.717) is 11.1 Å². The number of aromatic amines is 1. The van der Waals surface area contributed by atoms with Crippen LogP contribution in [0.5, 0.6) is 0 Å². The molecule has 13 heteroatoms. The highest BCUT2D eigenvalue weighted by molar-refractivity contribution is 6.05. The Balaban J connectivity index is 1.39. The molecule has 1 aromatic carbocycles. The van der Waals surface area contributed by atoms with Gasteiger partial charge in [0.15, 0.2) is 0 Å². The Morgan fingerprint density at radius 3 is 2.74 bits per heavy atom. The first-order chi connectivity index (χ1) is 16.6. The van der Waals surface area contributed by atoms with E-state index in [4.69, 9.17) is 4.74 Å². The molecule has 4 heterocycles. The number of halogens is 2. The molecule has 2 aromatic heterocycles. The second-order valence-corrected chi connectivity index (χ2v) is 8.77. The van der Waals surface area contributed by atoms with E-state index in [0.717, 1.165) is 4.90 Å². The fourth-order valence-corrected chi connectivity index (χ4v) is 4.53. The van der Waals surface area contributed by atoms with Crippen LogP contribution in [0.1, 0.15) is 41.1 Å². The van der Waals surface area contributed by atoms with E-state index in [2.05, 4.69) is 15.3 Å². The molecule has 35 heavy (non-hydrogen) atoms. The largest absolute Gasteiger partial charge is 0.394 e. The predicted octanol–water partition coefficient (Wildman–Crippen LogP) is 0.905. The maximum atomic E-state index is 14.6. The third-order valence-corrected chi connectivity index (χ3v) is 6.35. The van der Waals surface area contributed by atoms with Crippen molar-refractivity contribution in [3.63, 3.8) is 0 Å². The van der Waals surface area contributed by atoms with Crippen LogP contribution in [-0.2, 0) is 22.0 Å². The molecule has 3 aromatic rings. The number of nitrogens with one attached hydrogen (secondary N) is 1. The topological polar surface area (TPSA) is 135 Å². The highest BCUT2D eigenvalue weighted by Gasteiger charge is 2.53. The minimum absolute atomic E-state index is 0.116. The second kappa shape index (κ2) is 8.20. The van der Waals surface area contributed by atoms with Gasteiger partial charge in [-0.3, -0.25) is 19.1 Å². The molecule has 3 unspecified atom stereocenters. The number of carbonyl (C=O) groups is 1. The van der Waals surface area contributed by atoms with Gasteiger partial charge in [-0.15, -0.1) is 5.10 Å². The first kappa shape index (κ1) is 23.1. The van der Waals surface area contributed by atoms with Crippen molar-refractivity contribution in [2.45, 2.75) is 51.1 Å². The molecule has 0 bridgehead atoms. The standard InChI is InChI=1S/C22H22F2N6O5/c1-11-3-4-15-14(5-11)22(23,24)20(33)28(15)8-13-9-30(27-26-13)16-6-18(35-17(16)10-31)29-7-12(2)19(32)25-21(29)34/h3-5,7,9,16-18,31H,6,8,10H2,1-2H3,(H,25,32,34). The Hall–Kier alpha value is -3.71. The van der Waals surface area contributed by atoms with E-state index in [1.54, 1.807) is 19.9 Å². The van der Waals surface area contributed by atoms with Crippen LogP contribution in [0.4, 0.5) is 14.5 Å². The van der Waals surface area contributed by atoms with E-state index in [1.807, 2.05) is 0 Å². The highest BCUT2D eigenvalue weighted by Crippen LogP contribution is 2.45. The summed E-state index contributed by atoms with van der Waals surface area (Å²) in [6.07, 6.45) is 1.59. The number of nitrogens with zero attached hydrogens (tertiary/aromatic N) is 5. The van der Waals surface area contributed by atoms with E-state index >= 15 is 0 Å². The summed E-state index contributed by atoms with van der Waals surface area (Å²) >= 11 is 0. The smallest absolute Gasteiger partial charge is 0.352 e. The van der Waals surface area contributed by atoms with E-state index < -0.39 is 41.5 Å². The number of H-pyrrole nitrogens is 1. The maximum Gasteiger partial charge on any atom is 0.352 e. The van der Waals surface area contributed by atoms with E-state index in [1.165, 1.54) is 33.8 Å². The summed E-state index contributed by atoms with van der Waals surface area (Å²) in [4.78, 5) is 39.6. The van der Waals surface area contributed by atoms with Crippen molar-refractivity contribution in [2.75, 3.05) is 11.5 Å². The van der Waals surface area contributed by atoms with Crippen molar-refractivity contribution in [3.05, 3.63) is 73.8 Å². The van der Waals surface area contributed by atoms with Gasteiger partial charge in [0.25, 0.3) is 5.56 Å². The van der Waals surface area contributed by atoms with Gasteiger partial charge in [-0.25, -0.2) is 9.48 Å². The normalized spacial score (nSPS) is 23.2. The van der Waals surface area contributed by atoms with Crippen molar-refractivity contribution in [2.24, 2.45) is 0 Å². The minimum Gasteiger partial charge on any atom is -0.394 e. The van der Waals surface area contributed by atoms with Gasteiger partial charge in [-0.1, -0.05) is 16.8 Å². The molecule has 2 aliphatic rings. The zero-order valence-electron chi connectivity index (χ0n) is 18.8. The summed E-state index contributed by atoms with van der Waals surface area (Å²) in [5.74, 6) is -4.97. The Labute approximate surface area is 196 Å². The van der Waals surface area contributed by atoms with Crippen LogP contribution in [0, 0.1) is 13.8 Å². The minimum atomic E-state index is -3.63. The van der Waals surface area contributed by atoms with Crippen molar-refractivity contribution >= 4 is 11.6 Å². The van der Waals surface area contributed by atoms with Gasteiger partial charge in [0.2, 0.25) is 0 Å². The highest BCUT2D eigenvalue weighted by atomic mass is 19.3. The van der Waals surface area contributed by atoms with E-state index in [-0.39, 0.29) is 36.5 Å². The number of aliphatic hydroxyl groups excluding tert-OH is 1. The quantitative estimate of drug-likeness (QED) is 0.545. The molecule has 0 aliphatic carbocycles. The number of fused-ring (bicyclic) bond motifs is 1. The number of anilines is 1. The lowest BCUT2D eigenvalue weighted by molar-refractivity contribution is -0.141. The lowest BCUT2D eigenvalue weighted by Crippen LogP contribution is -2.34. The van der Waals surface area contributed by atoms with Gasteiger partial charge in [0.1, 0.15) is 18.0 Å². The summed E-state index contributed by atoms with van der Waals surface area (Å²) in [6, 6.07) is 3.90. The number of aliphatic hydroxyl groups is 1. The van der Waals surface area contributed by atoms with Crippen LogP contribution in [0.2, 0.25) is 0 Å². The van der Waals surface area contributed by atoms with Gasteiger partial charge in [-0.05, 0) is 26.0 Å². The Kier molecular flexibility index (Phi) is 5.40. The van der Waals surface area contributed by atoms with Crippen LogP contribution < -0.4 is 16.1 Å². The number of benzene rings is 1. The zero-order chi connectivity index (χ0) is 25.1. The van der Waals surface area contributed by atoms with E-state index in [9.17, 15) is 28.3 Å². The number of amides is 1. The summed E-state index contributed by atoms with van der Waals surface area (Å²) in [5.41, 5.74) is -0.174. The molecular formula is C22H22F2N6O5. The van der Waals surface area contributed by atoms with Crippen molar-refractivity contribution < 1.29 is 23.4 Å². The van der Waals surface area contributed by atoms with Crippen LogP contribution in [-0.4, -0.2) is 48.3 Å². The molecule has 11 nitrogen and oxygen atoms in total. The van der Waals surface area contributed by atoms with Crippen molar-refractivity contribution in [1.29, 1.82) is 0 Å². The summed E-state index contributed by atoms with van der Waals surface area (Å²) in [5, 5.41) is 17.9. The summed E-state index contributed by atoms with van der Waals surface area (Å²) in [7, 11) is 0. The first-order valence-electron chi connectivity index (χ1n) is 10.9. The summed E-state index contributed by atoms with van der Waals surface area (Å²) in [6.45, 7) is 2.63. The fourth-order valence-electron chi connectivity index (χ4n) is 4.53. The lowest BCUT2D eigenvalue weighted by Gasteiger charge is -2.16. The monoisotopic (exact) mass is 488 g/mol. The fraction of sp³-hybridized carbons (Fsp3) is 0.409. The molecule has 1 saturated heterocycles. The third kappa shape index (κ3) is 3.76. The van der Waals surface area contributed by atoms with Crippen molar-refractivity contribution in [1.82, 2.24) is 24.5 Å².